The van der Waals surface area contributed by atoms with Gasteiger partial charge in [-0.15, -0.1) is 11.6 Å². The molecule has 1 atom stereocenters. The van der Waals surface area contributed by atoms with E-state index in [-0.39, 0.29) is 5.38 Å². The second-order valence-corrected chi connectivity index (χ2v) is 4.65. The Morgan fingerprint density at radius 1 is 1.41 bits per heavy atom. The molecule has 1 aromatic heterocycles. The highest BCUT2D eigenvalue weighted by Crippen LogP contribution is 2.25. The maximum Gasteiger partial charge on any atom is 0.133 e. The monoisotopic (exact) mass is 250 g/mol. The van der Waals surface area contributed by atoms with Crippen LogP contribution in [0, 0.1) is 0 Å². The van der Waals surface area contributed by atoms with E-state index in [4.69, 9.17) is 16.3 Å². The summed E-state index contributed by atoms with van der Waals surface area (Å²) in [6, 6.07) is 7.89. The number of fused-ring (bicyclic) bond motifs is 1. The van der Waals surface area contributed by atoms with Crippen molar-refractivity contribution in [1.29, 1.82) is 0 Å². The summed E-state index contributed by atoms with van der Waals surface area (Å²) in [4.78, 5) is 4.32. The lowest BCUT2D eigenvalue weighted by Crippen LogP contribution is -2.11. The lowest BCUT2D eigenvalue weighted by Gasteiger charge is -2.10. The van der Waals surface area contributed by atoms with Gasteiger partial charge in [0.1, 0.15) is 11.6 Å². The third kappa shape index (κ3) is 2.80. The largest absolute Gasteiger partial charge is 0.497 e. The molecule has 0 saturated heterocycles. The van der Waals surface area contributed by atoms with Crippen LogP contribution in [0.2, 0.25) is 0 Å². The van der Waals surface area contributed by atoms with Crippen molar-refractivity contribution in [3.05, 3.63) is 30.5 Å². The Labute approximate surface area is 106 Å². The molecule has 2 rings (SSSR count). The van der Waals surface area contributed by atoms with Crippen molar-refractivity contribution >= 4 is 28.2 Å². The Bertz CT molecular complexity index is 514. The van der Waals surface area contributed by atoms with E-state index in [0.717, 1.165) is 22.3 Å². The van der Waals surface area contributed by atoms with E-state index in [0.29, 0.717) is 6.54 Å². The van der Waals surface area contributed by atoms with Gasteiger partial charge in [0.25, 0.3) is 0 Å². The van der Waals surface area contributed by atoms with Crippen molar-refractivity contribution < 1.29 is 4.74 Å². The van der Waals surface area contributed by atoms with Crippen molar-refractivity contribution in [3.63, 3.8) is 0 Å². The number of anilines is 1. The van der Waals surface area contributed by atoms with Gasteiger partial charge in [-0.05, 0) is 36.6 Å². The molecule has 0 spiro atoms. The predicted octanol–water partition coefficient (Wildman–Crippen LogP) is 3.28. The molecule has 17 heavy (non-hydrogen) atoms. The topological polar surface area (TPSA) is 34.1 Å². The molecule has 4 heteroatoms. The molecule has 0 aliphatic heterocycles. The molecule has 1 unspecified atom stereocenters. The van der Waals surface area contributed by atoms with E-state index >= 15 is 0 Å². The lowest BCUT2D eigenvalue weighted by molar-refractivity contribution is 0.415. The number of ether oxygens (including phenoxy) is 1. The van der Waals surface area contributed by atoms with Crippen molar-refractivity contribution in [2.75, 3.05) is 19.0 Å². The third-order valence-electron chi connectivity index (χ3n) is 2.52. The highest BCUT2D eigenvalue weighted by Gasteiger charge is 2.04. The Kier molecular flexibility index (Phi) is 3.69. The fourth-order valence-corrected chi connectivity index (χ4v) is 1.74. The minimum Gasteiger partial charge on any atom is -0.497 e. The van der Waals surface area contributed by atoms with Gasteiger partial charge < -0.3 is 10.1 Å². The molecule has 0 amide bonds. The van der Waals surface area contributed by atoms with Crippen LogP contribution in [0.4, 0.5) is 5.82 Å². The van der Waals surface area contributed by atoms with Crippen LogP contribution in [0.1, 0.15) is 6.92 Å². The molecule has 3 nitrogen and oxygen atoms in total. The number of hydrogen-bond donors (Lipinski definition) is 1. The first kappa shape index (κ1) is 12.0. The smallest absolute Gasteiger partial charge is 0.133 e. The van der Waals surface area contributed by atoms with Gasteiger partial charge in [0.15, 0.2) is 0 Å². The molecule has 1 aromatic carbocycles. The van der Waals surface area contributed by atoms with E-state index in [1.54, 1.807) is 13.3 Å². The molecule has 1 N–H and O–H groups in total. The number of benzene rings is 1. The van der Waals surface area contributed by atoms with Gasteiger partial charge in [0.05, 0.1) is 7.11 Å². The summed E-state index contributed by atoms with van der Waals surface area (Å²) in [6.07, 6.45) is 1.78. The zero-order valence-corrected chi connectivity index (χ0v) is 10.7. The van der Waals surface area contributed by atoms with Crippen molar-refractivity contribution in [3.8, 4) is 5.75 Å². The van der Waals surface area contributed by atoms with Crippen LogP contribution in [0.3, 0.4) is 0 Å². The van der Waals surface area contributed by atoms with Gasteiger partial charge in [0.2, 0.25) is 0 Å². The standard InChI is InChI=1S/C13H15ClN2O/c1-9(14)8-16-13-12-4-3-11(17-2)7-10(12)5-6-15-13/h3-7,9H,8H2,1-2H3,(H,15,16). The maximum atomic E-state index is 5.92. The van der Waals surface area contributed by atoms with Gasteiger partial charge in [0, 0.05) is 23.5 Å². The average Bonchev–Trinajstić information content (AvgIpc) is 2.35. The van der Waals surface area contributed by atoms with Crippen molar-refractivity contribution in [2.45, 2.75) is 12.3 Å². The number of methoxy groups -OCH3 is 1. The molecule has 0 saturated carbocycles. The number of rotatable bonds is 4. The van der Waals surface area contributed by atoms with Crippen LogP contribution in [-0.2, 0) is 0 Å². The van der Waals surface area contributed by atoms with Gasteiger partial charge in [-0.2, -0.15) is 0 Å². The normalized spacial score (nSPS) is 12.4. The van der Waals surface area contributed by atoms with Gasteiger partial charge in [-0.25, -0.2) is 4.98 Å². The molecular formula is C13H15ClN2O. The van der Waals surface area contributed by atoms with Crippen molar-refractivity contribution in [1.82, 2.24) is 4.98 Å². The number of halogens is 1. The maximum absolute atomic E-state index is 5.92. The van der Waals surface area contributed by atoms with E-state index in [1.807, 2.05) is 31.2 Å². The molecule has 0 fully saturated rings. The highest BCUT2D eigenvalue weighted by molar-refractivity contribution is 6.20. The molecule has 0 radical (unpaired) electrons. The molecule has 0 aliphatic rings. The van der Waals surface area contributed by atoms with Crippen LogP contribution in [0.5, 0.6) is 5.75 Å². The number of nitrogens with zero attached hydrogens (tertiary/aromatic N) is 1. The van der Waals surface area contributed by atoms with Gasteiger partial charge >= 0.3 is 0 Å². The number of nitrogens with one attached hydrogen (secondary N) is 1. The Morgan fingerprint density at radius 2 is 2.24 bits per heavy atom. The fourth-order valence-electron chi connectivity index (χ4n) is 1.66. The minimum absolute atomic E-state index is 0.0744. The van der Waals surface area contributed by atoms with Crippen LogP contribution >= 0.6 is 11.6 Å². The Morgan fingerprint density at radius 3 is 2.94 bits per heavy atom. The fraction of sp³-hybridized carbons (Fsp3) is 0.308. The average molecular weight is 251 g/mol. The van der Waals surface area contributed by atoms with Gasteiger partial charge in [-0.3, -0.25) is 0 Å². The first-order valence-corrected chi connectivity index (χ1v) is 5.95. The quantitative estimate of drug-likeness (QED) is 0.846. The SMILES string of the molecule is COc1ccc2c(NCC(C)Cl)nccc2c1. The Hall–Kier alpha value is -1.48. The third-order valence-corrected chi connectivity index (χ3v) is 2.68. The van der Waals surface area contributed by atoms with E-state index in [9.17, 15) is 0 Å². The van der Waals surface area contributed by atoms with Crippen LogP contribution < -0.4 is 10.1 Å². The summed E-state index contributed by atoms with van der Waals surface area (Å²) in [5.41, 5.74) is 0. The first-order valence-electron chi connectivity index (χ1n) is 5.51. The van der Waals surface area contributed by atoms with Gasteiger partial charge in [-0.1, -0.05) is 0 Å². The molecular weight excluding hydrogens is 236 g/mol. The number of pyridine rings is 1. The summed E-state index contributed by atoms with van der Waals surface area (Å²) in [5, 5.41) is 5.49. The number of hydrogen-bond acceptors (Lipinski definition) is 3. The minimum atomic E-state index is 0.0744. The predicted molar refractivity (Wildman–Crippen MR) is 72.1 cm³/mol. The van der Waals surface area contributed by atoms with E-state index < -0.39 is 0 Å². The van der Waals surface area contributed by atoms with E-state index in [2.05, 4.69) is 10.3 Å². The van der Waals surface area contributed by atoms with E-state index in [1.165, 1.54) is 0 Å². The number of aromatic nitrogens is 1. The van der Waals surface area contributed by atoms with Crippen LogP contribution in [-0.4, -0.2) is 24.0 Å². The Balaban J connectivity index is 2.36. The molecule has 1 heterocycles. The zero-order valence-electron chi connectivity index (χ0n) is 9.90. The second kappa shape index (κ2) is 5.23. The molecule has 0 aliphatic carbocycles. The van der Waals surface area contributed by atoms with Crippen LogP contribution in [0.25, 0.3) is 10.8 Å². The lowest BCUT2D eigenvalue weighted by atomic mass is 10.1. The molecule has 2 aromatic rings. The number of alkyl halides is 1. The highest BCUT2D eigenvalue weighted by atomic mass is 35.5. The van der Waals surface area contributed by atoms with Crippen LogP contribution in [0.15, 0.2) is 30.5 Å². The second-order valence-electron chi connectivity index (χ2n) is 3.91. The zero-order chi connectivity index (χ0) is 12.3. The summed E-state index contributed by atoms with van der Waals surface area (Å²) in [6.45, 7) is 2.64. The molecule has 0 bridgehead atoms. The first-order chi connectivity index (χ1) is 8.20. The summed E-state index contributed by atoms with van der Waals surface area (Å²) >= 11 is 5.92. The summed E-state index contributed by atoms with van der Waals surface area (Å²) in [7, 11) is 1.66. The summed E-state index contributed by atoms with van der Waals surface area (Å²) in [5.74, 6) is 1.71. The van der Waals surface area contributed by atoms with Crippen molar-refractivity contribution in [2.24, 2.45) is 0 Å². The molecule has 90 valence electrons. The summed E-state index contributed by atoms with van der Waals surface area (Å²) < 4.78 is 5.20.